The molecular weight excluding hydrogens is 238 g/mol. The topological polar surface area (TPSA) is 31.4 Å². The second-order valence-electron chi connectivity index (χ2n) is 3.69. The summed E-state index contributed by atoms with van der Waals surface area (Å²) in [7, 11) is 0. The zero-order chi connectivity index (χ0) is 11.7. The van der Waals surface area contributed by atoms with Gasteiger partial charge in [-0.25, -0.2) is 0 Å². The van der Waals surface area contributed by atoms with Gasteiger partial charge in [-0.1, -0.05) is 17.7 Å². The molecule has 0 aliphatic carbocycles. The van der Waals surface area contributed by atoms with Crippen LogP contribution in [0.2, 0.25) is 5.02 Å². The van der Waals surface area contributed by atoms with E-state index in [1.807, 2.05) is 30.3 Å². The van der Waals surface area contributed by atoms with Crippen LogP contribution in [-0.4, -0.2) is 18.2 Å². The Morgan fingerprint density at radius 3 is 2.76 bits per heavy atom. The van der Waals surface area contributed by atoms with E-state index in [9.17, 15) is 0 Å². The molecule has 0 saturated carbocycles. The Kier molecular flexibility index (Phi) is 2.61. The molecule has 0 spiro atoms. The lowest BCUT2D eigenvalue weighted by molar-refractivity contribution is 0.172. The summed E-state index contributed by atoms with van der Waals surface area (Å²) in [5, 5.41) is 0.621. The summed E-state index contributed by atoms with van der Waals surface area (Å²) >= 11 is 5.82. The third-order valence-corrected chi connectivity index (χ3v) is 2.79. The Hall–Kier alpha value is -1.74. The van der Waals surface area contributed by atoms with Gasteiger partial charge in [0.1, 0.15) is 13.2 Å². The van der Waals surface area contributed by atoms with Gasteiger partial charge in [-0.2, -0.15) is 0 Å². The average Bonchev–Trinajstić information content (AvgIpc) is 2.39. The Bertz CT molecular complexity index is 540. The van der Waals surface area contributed by atoms with Crippen LogP contribution in [0.3, 0.4) is 0 Å². The van der Waals surface area contributed by atoms with Crippen molar-refractivity contribution >= 4 is 11.6 Å². The smallest absolute Gasteiger partial charge is 0.170 e. The highest BCUT2D eigenvalue weighted by Gasteiger charge is 2.17. The molecule has 0 fully saturated rings. The van der Waals surface area contributed by atoms with Crippen molar-refractivity contribution in [1.29, 1.82) is 0 Å². The van der Waals surface area contributed by atoms with Crippen molar-refractivity contribution in [3.05, 3.63) is 41.6 Å². The van der Waals surface area contributed by atoms with Gasteiger partial charge >= 0.3 is 0 Å². The van der Waals surface area contributed by atoms with Crippen LogP contribution in [-0.2, 0) is 0 Å². The van der Waals surface area contributed by atoms with Gasteiger partial charge in [-0.05, 0) is 24.3 Å². The third kappa shape index (κ3) is 1.94. The summed E-state index contributed by atoms with van der Waals surface area (Å²) in [6, 6.07) is 9.47. The average molecular weight is 248 g/mol. The number of rotatable bonds is 1. The molecule has 0 atom stereocenters. The zero-order valence-electron chi connectivity index (χ0n) is 9.02. The number of pyridine rings is 1. The fourth-order valence-corrected chi connectivity index (χ4v) is 1.92. The van der Waals surface area contributed by atoms with Crippen LogP contribution >= 0.6 is 11.6 Å². The highest BCUT2D eigenvalue weighted by atomic mass is 35.5. The maximum Gasteiger partial charge on any atom is 0.170 e. The number of hydrogen-bond acceptors (Lipinski definition) is 3. The molecule has 3 nitrogen and oxygen atoms in total. The molecule has 1 aromatic heterocycles. The van der Waals surface area contributed by atoms with Crippen molar-refractivity contribution in [2.45, 2.75) is 0 Å². The molecule has 0 bridgehead atoms. The number of benzene rings is 1. The maximum absolute atomic E-state index is 5.82. The van der Waals surface area contributed by atoms with Crippen molar-refractivity contribution < 1.29 is 9.47 Å². The number of ether oxygens (including phenoxy) is 2. The molecule has 1 aliphatic heterocycles. The quantitative estimate of drug-likeness (QED) is 0.776. The molecule has 17 heavy (non-hydrogen) atoms. The van der Waals surface area contributed by atoms with Crippen molar-refractivity contribution in [1.82, 2.24) is 4.98 Å². The van der Waals surface area contributed by atoms with Gasteiger partial charge in [0.15, 0.2) is 11.5 Å². The molecule has 86 valence electrons. The van der Waals surface area contributed by atoms with Crippen LogP contribution < -0.4 is 9.47 Å². The molecule has 0 amide bonds. The van der Waals surface area contributed by atoms with Gasteiger partial charge in [0.05, 0.1) is 10.7 Å². The van der Waals surface area contributed by atoms with E-state index in [-0.39, 0.29) is 0 Å². The normalized spacial score (nSPS) is 13.5. The van der Waals surface area contributed by atoms with Crippen LogP contribution in [0.4, 0.5) is 0 Å². The SMILES string of the molecule is Clc1ccc(-c2cccc3c2OCCO3)nc1. The fraction of sp³-hybridized carbons (Fsp3) is 0.154. The molecule has 0 unspecified atom stereocenters. The number of aromatic nitrogens is 1. The van der Waals surface area contributed by atoms with E-state index >= 15 is 0 Å². The Morgan fingerprint density at radius 1 is 1.06 bits per heavy atom. The molecule has 1 aliphatic rings. The fourth-order valence-electron chi connectivity index (χ4n) is 1.81. The minimum absolute atomic E-state index is 0.567. The Labute approximate surface area is 104 Å². The molecule has 3 rings (SSSR count). The zero-order valence-corrected chi connectivity index (χ0v) is 9.78. The minimum Gasteiger partial charge on any atom is -0.486 e. The first-order valence-electron chi connectivity index (χ1n) is 5.35. The molecular formula is C13H10ClNO2. The summed E-state index contributed by atoms with van der Waals surface area (Å²) in [5.74, 6) is 1.53. The Balaban J connectivity index is 2.11. The summed E-state index contributed by atoms with van der Waals surface area (Å²) in [6.07, 6.45) is 1.62. The van der Waals surface area contributed by atoms with Gasteiger partial charge in [0, 0.05) is 11.8 Å². The highest BCUT2D eigenvalue weighted by Crippen LogP contribution is 2.39. The molecule has 4 heteroatoms. The molecule has 0 N–H and O–H groups in total. The van der Waals surface area contributed by atoms with E-state index in [2.05, 4.69) is 4.98 Å². The van der Waals surface area contributed by atoms with Gasteiger partial charge in [-0.3, -0.25) is 4.98 Å². The van der Waals surface area contributed by atoms with E-state index in [4.69, 9.17) is 21.1 Å². The van der Waals surface area contributed by atoms with Crippen LogP contribution in [0.1, 0.15) is 0 Å². The number of hydrogen-bond donors (Lipinski definition) is 0. The van der Waals surface area contributed by atoms with Crippen LogP contribution in [0, 0.1) is 0 Å². The molecule has 1 aromatic carbocycles. The van der Waals surface area contributed by atoms with Crippen molar-refractivity contribution in [3.63, 3.8) is 0 Å². The second kappa shape index (κ2) is 4.26. The maximum atomic E-state index is 5.82. The second-order valence-corrected chi connectivity index (χ2v) is 4.13. The lowest BCUT2D eigenvalue weighted by atomic mass is 10.1. The highest BCUT2D eigenvalue weighted by molar-refractivity contribution is 6.30. The third-order valence-electron chi connectivity index (χ3n) is 2.57. The summed E-state index contributed by atoms with van der Waals surface area (Å²) < 4.78 is 11.2. The van der Waals surface area contributed by atoms with Gasteiger partial charge in [-0.15, -0.1) is 0 Å². The van der Waals surface area contributed by atoms with E-state index in [0.717, 1.165) is 22.8 Å². The number of fused-ring (bicyclic) bond motifs is 1. The van der Waals surface area contributed by atoms with Crippen LogP contribution in [0.25, 0.3) is 11.3 Å². The van der Waals surface area contributed by atoms with Gasteiger partial charge in [0.25, 0.3) is 0 Å². The van der Waals surface area contributed by atoms with Crippen LogP contribution in [0.15, 0.2) is 36.5 Å². The summed E-state index contributed by atoms with van der Waals surface area (Å²) in [6.45, 7) is 1.15. The van der Waals surface area contributed by atoms with E-state index in [1.54, 1.807) is 6.20 Å². The monoisotopic (exact) mass is 247 g/mol. The molecule has 2 heterocycles. The van der Waals surface area contributed by atoms with Crippen molar-refractivity contribution in [2.75, 3.05) is 13.2 Å². The van der Waals surface area contributed by atoms with E-state index in [0.29, 0.717) is 18.2 Å². The number of nitrogens with zero attached hydrogens (tertiary/aromatic N) is 1. The lowest BCUT2D eigenvalue weighted by Crippen LogP contribution is -2.15. The predicted molar refractivity (Wildman–Crippen MR) is 65.7 cm³/mol. The largest absolute Gasteiger partial charge is 0.486 e. The molecule has 0 radical (unpaired) electrons. The van der Waals surface area contributed by atoms with E-state index < -0.39 is 0 Å². The standard InChI is InChI=1S/C13H10ClNO2/c14-9-4-5-11(15-8-9)10-2-1-3-12-13(10)17-7-6-16-12/h1-5,8H,6-7H2. The van der Waals surface area contributed by atoms with Gasteiger partial charge in [0.2, 0.25) is 0 Å². The first-order chi connectivity index (χ1) is 8.34. The number of para-hydroxylation sites is 1. The summed E-state index contributed by atoms with van der Waals surface area (Å²) in [5.41, 5.74) is 1.76. The first-order valence-corrected chi connectivity index (χ1v) is 5.73. The van der Waals surface area contributed by atoms with Crippen molar-refractivity contribution in [2.24, 2.45) is 0 Å². The first kappa shape index (κ1) is 10.4. The minimum atomic E-state index is 0.567. The summed E-state index contributed by atoms with van der Waals surface area (Å²) in [4.78, 5) is 4.29. The van der Waals surface area contributed by atoms with E-state index in [1.165, 1.54) is 0 Å². The Morgan fingerprint density at radius 2 is 1.94 bits per heavy atom. The molecule has 0 saturated heterocycles. The van der Waals surface area contributed by atoms with Gasteiger partial charge < -0.3 is 9.47 Å². The number of halogens is 1. The van der Waals surface area contributed by atoms with Crippen LogP contribution in [0.5, 0.6) is 11.5 Å². The molecule has 2 aromatic rings. The lowest BCUT2D eigenvalue weighted by Gasteiger charge is -2.20. The van der Waals surface area contributed by atoms with Crippen molar-refractivity contribution in [3.8, 4) is 22.8 Å². The predicted octanol–water partition coefficient (Wildman–Crippen LogP) is 3.17.